The molecule has 0 radical (unpaired) electrons. The molecule has 1 heterocycles. The van der Waals surface area contributed by atoms with Gasteiger partial charge in [-0.05, 0) is 65.4 Å². The van der Waals surface area contributed by atoms with Crippen molar-refractivity contribution in [3.63, 3.8) is 0 Å². The number of aromatic nitrogens is 1. The third-order valence-electron chi connectivity index (χ3n) is 6.17. The number of amides is 2. The number of anilines is 1. The highest BCUT2D eigenvalue weighted by atomic mass is 19.1. The Morgan fingerprint density at radius 3 is 2.39 bits per heavy atom. The molecule has 0 aliphatic carbocycles. The number of aliphatic hydroxyl groups excluding tert-OH is 1. The zero-order chi connectivity index (χ0) is 29.9. The Bertz CT molecular complexity index is 1410. The van der Waals surface area contributed by atoms with Gasteiger partial charge in [-0.15, -0.1) is 0 Å². The summed E-state index contributed by atoms with van der Waals surface area (Å²) in [4.78, 5) is 29.4. The Labute approximate surface area is 237 Å². The Kier molecular flexibility index (Phi) is 11.2. The van der Waals surface area contributed by atoms with Gasteiger partial charge in [0.15, 0.2) is 0 Å². The van der Waals surface area contributed by atoms with E-state index in [1.165, 1.54) is 12.1 Å². The number of rotatable bonds is 13. The van der Waals surface area contributed by atoms with Crippen LogP contribution in [0.2, 0.25) is 0 Å². The number of benzene rings is 2. The van der Waals surface area contributed by atoms with Gasteiger partial charge in [-0.3, -0.25) is 14.6 Å². The SMILES string of the molecule is C=C(F)/C=C(/CC(N)CNC(=O)c1cccc(NC(=O)C(O)C(N)Cc2ccc(-c3cccnc3)cc2)c1)C(=C)F. The molecular weight excluding hydrogens is 528 g/mol. The van der Waals surface area contributed by atoms with Crippen LogP contribution in [0.1, 0.15) is 22.3 Å². The van der Waals surface area contributed by atoms with Gasteiger partial charge in [-0.2, -0.15) is 0 Å². The largest absolute Gasteiger partial charge is 0.382 e. The first kappa shape index (κ1) is 31.0. The summed E-state index contributed by atoms with van der Waals surface area (Å²) < 4.78 is 26.6. The van der Waals surface area contributed by atoms with Crippen LogP contribution in [0.4, 0.5) is 14.5 Å². The predicted octanol–water partition coefficient (Wildman–Crippen LogP) is 3.96. The topological polar surface area (TPSA) is 143 Å². The molecule has 41 heavy (non-hydrogen) atoms. The Balaban J connectivity index is 1.53. The molecule has 8 nitrogen and oxygen atoms in total. The number of nitrogens with one attached hydrogen (secondary N) is 2. The molecular formula is C31H33F2N5O3. The summed E-state index contributed by atoms with van der Waals surface area (Å²) in [5.41, 5.74) is 15.3. The van der Waals surface area contributed by atoms with Crippen LogP contribution in [0.3, 0.4) is 0 Å². The number of carbonyl (C=O) groups excluding carboxylic acids is 2. The number of aliphatic hydroxyl groups is 1. The minimum atomic E-state index is -1.50. The molecule has 214 valence electrons. The number of nitrogens with zero attached hydrogens (tertiary/aromatic N) is 1. The van der Waals surface area contributed by atoms with Crippen LogP contribution in [-0.2, 0) is 11.2 Å². The van der Waals surface area contributed by atoms with Gasteiger partial charge in [0.25, 0.3) is 11.8 Å². The fourth-order valence-corrected chi connectivity index (χ4v) is 4.02. The van der Waals surface area contributed by atoms with Crippen molar-refractivity contribution in [1.29, 1.82) is 0 Å². The normalized spacial score (nSPS) is 13.5. The van der Waals surface area contributed by atoms with Crippen molar-refractivity contribution >= 4 is 17.5 Å². The van der Waals surface area contributed by atoms with E-state index in [1.54, 1.807) is 24.5 Å². The highest BCUT2D eigenvalue weighted by Gasteiger charge is 2.23. The lowest BCUT2D eigenvalue weighted by atomic mass is 9.99. The minimum Gasteiger partial charge on any atom is -0.382 e. The second-order valence-corrected chi connectivity index (χ2v) is 9.52. The zero-order valence-corrected chi connectivity index (χ0v) is 22.4. The summed E-state index contributed by atoms with van der Waals surface area (Å²) in [7, 11) is 0. The first-order chi connectivity index (χ1) is 19.5. The van der Waals surface area contributed by atoms with E-state index in [0.29, 0.717) is 0 Å². The Hall–Kier alpha value is -4.51. The first-order valence-electron chi connectivity index (χ1n) is 12.8. The van der Waals surface area contributed by atoms with Crippen molar-refractivity contribution < 1.29 is 23.5 Å². The maximum atomic E-state index is 13.5. The molecule has 0 aliphatic rings. The summed E-state index contributed by atoms with van der Waals surface area (Å²) in [6.45, 7) is 6.18. The van der Waals surface area contributed by atoms with E-state index in [1.807, 2.05) is 36.4 Å². The zero-order valence-electron chi connectivity index (χ0n) is 22.4. The number of hydrogen-bond acceptors (Lipinski definition) is 6. The van der Waals surface area contributed by atoms with Gasteiger partial charge in [0.2, 0.25) is 0 Å². The number of carbonyl (C=O) groups is 2. The van der Waals surface area contributed by atoms with Gasteiger partial charge in [0.05, 0.1) is 0 Å². The molecule has 0 bridgehead atoms. The van der Waals surface area contributed by atoms with E-state index in [0.717, 1.165) is 22.8 Å². The van der Waals surface area contributed by atoms with Crippen LogP contribution in [0, 0.1) is 0 Å². The smallest absolute Gasteiger partial charge is 0.254 e. The van der Waals surface area contributed by atoms with E-state index in [2.05, 4.69) is 28.8 Å². The molecule has 0 saturated heterocycles. The Morgan fingerprint density at radius 2 is 1.76 bits per heavy atom. The molecule has 0 spiro atoms. The lowest BCUT2D eigenvalue weighted by Gasteiger charge is -2.19. The molecule has 0 fully saturated rings. The van der Waals surface area contributed by atoms with Crippen molar-refractivity contribution in [3.05, 3.63) is 121 Å². The fraction of sp³-hybridized carbons (Fsp3) is 0.194. The summed E-state index contributed by atoms with van der Waals surface area (Å²) in [6.07, 6.45) is 3.05. The number of allylic oxidation sites excluding steroid dienone is 3. The predicted molar refractivity (Wildman–Crippen MR) is 156 cm³/mol. The van der Waals surface area contributed by atoms with Crippen LogP contribution in [-0.4, -0.2) is 46.6 Å². The molecule has 1 aromatic heterocycles. The van der Waals surface area contributed by atoms with Crippen LogP contribution in [0.5, 0.6) is 0 Å². The van der Waals surface area contributed by atoms with Gasteiger partial charge in [0.1, 0.15) is 17.8 Å². The number of nitrogens with two attached hydrogens (primary N) is 2. The average molecular weight is 562 g/mol. The van der Waals surface area contributed by atoms with E-state index >= 15 is 0 Å². The lowest BCUT2D eigenvalue weighted by molar-refractivity contribution is -0.124. The molecule has 2 aromatic carbocycles. The van der Waals surface area contributed by atoms with Crippen LogP contribution < -0.4 is 22.1 Å². The second kappa shape index (κ2) is 14.8. The van der Waals surface area contributed by atoms with Gasteiger partial charge in [-0.25, -0.2) is 8.78 Å². The van der Waals surface area contributed by atoms with Crippen molar-refractivity contribution in [1.82, 2.24) is 10.3 Å². The van der Waals surface area contributed by atoms with E-state index < -0.39 is 41.7 Å². The van der Waals surface area contributed by atoms with Gasteiger partial charge in [0, 0.05) is 42.3 Å². The third-order valence-corrected chi connectivity index (χ3v) is 6.17. The van der Waals surface area contributed by atoms with Gasteiger partial charge >= 0.3 is 0 Å². The number of pyridine rings is 1. The van der Waals surface area contributed by atoms with Crippen LogP contribution in [0.15, 0.2) is 110 Å². The molecule has 0 saturated carbocycles. The van der Waals surface area contributed by atoms with Crippen LogP contribution in [0.25, 0.3) is 11.1 Å². The summed E-state index contributed by atoms with van der Waals surface area (Å²) >= 11 is 0. The molecule has 10 heteroatoms. The summed E-state index contributed by atoms with van der Waals surface area (Å²) in [5.74, 6) is -2.89. The van der Waals surface area contributed by atoms with E-state index in [9.17, 15) is 23.5 Å². The molecule has 7 N–H and O–H groups in total. The van der Waals surface area contributed by atoms with E-state index in [4.69, 9.17) is 11.5 Å². The second-order valence-electron chi connectivity index (χ2n) is 9.52. The third kappa shape index (κ3) is 9.57. The molecule has 0 aliphatic heterocycles. The highest BCUT2D eigenvalue weighted by molar-refractivity contribution is 5.98. The lowest BCUT2D eigenvalue weighted by Crippen LogP contribution is -2.44. The molecule has 3 rings (SSSR count). The fourth-order valence-electron chi connectivity index (χ4n) is 4.02. The maximum Gasteiger partial charge on any atom is 0.254 e. The molecule has 2 amide bonds. The average Bonchev–Trinajstić information content (AvgIpc) is 2.95. The van der Waals surface area contributed by atoms with Gasteiger partial charge < -0.3 is 27.2 Å². The van der Waals surface area contributed by atoms with E-state index in [-0.39, 0.29) is 36.2 Å². The molecule has 3 unspecified atom stereocenters. The van der Waals surface area contributed by atoms with Crippen molar-refractivity contribution in [2.24, 2.45) is 11.5 Å². The van der Waals surface area contributed by atoms with Crippen molar-refractivity contribution in [2.75, 3.05) is 11.9 Å². The van der Waals surface area contributed by atoms with Crippen molar-refractivity contribution in [2.45, 2.75) is 31.0 Å². The number of hydrogen-bond donors (Lipinski definition) is 5. The van der Waals surface area contributed by atoms with Crippen molar-refractivity contribution in [3.8, 4) is 11.1 Å². The Morgan fingerprint density at radius 1 is 1.02 bits per heavy atom. The first-order valence-corrected chi connectivity index (χ1v) is 12.8. The monoisotopic (exact) mass is 561 g/mol. The summed E-state index contributed by atoms with van der Waals surface area (Å²) in [6, 6.07) is 15.9. The van der Waals surface area contributed by atoms with Gasteiger partial charge in [-0.1, -0.05) is 49.6 Å². The molecule has 3 atom stereocenters. The maximum absolute atomic E-state index is 13.5. The summed E-state index contributed by atoms with van der Waals surface area (Å²) in [5, 5.41) is 15.7. The highest BCUT2D eigenvalue weighted by Crippen LogP contribution is 2.20. The molecule has 3 aromatic rings. The minimum absolute atomic E-state index is 0.0322. The quantitative estimate of drug-likeness (QED) is 0.200. The van der Waals surface area contributed by atoms with Crippen LogP contribution >= 0.6 is 0 Å². The number of halogens is 2. The standard InChI is InChI=1S/C31H33F2N5O3/c1-19(32)13-25(20(2)33)15-26(34)18-37-30(40)23-5-3-7-27(16-23)38-31(41)29(39)28(35)14-21-8-10-22(11-9-21)24-6-4-12-36-17-24/h3-13,16-17,26,28-29,39H,1-2,14-15,18,34-35H2,(H,37,40)(H,38,41)/b25-13-.